The first-order chi connectivity index (χ1) is 68.0. The Labute approximate surface area is 832 Å². The van der Waals surface area contributed by atoms with Gasteiger partial charge in [0.25, 0.3) is 0 Å². The molecule has 5 unspecified atom stereocenters. The zero-order valence-corrected chi connectivity index (χ0v) is 79.3. The van der Waals surface area contributed by atoms with Gasteiger partial charge in [0.15, 0.2) is 28.9 Å². The molecule has 0 saturated heterocycles. The van der Waals surface area contributed by atoms with Crippen molar-refractivity contribution in [3.63, 3.8) is 0 Å². The van der Waals surface area contributed by atoms with E-state index >= 15 is 0 Å². The first-order valence-electron chi connectivity index (χ1n) is 44.3. The summed E-state index contributed by atoms with van der Waals surface area (Å²) in [5.41, 5.74) is 11.3. The minimum atomic E-state index is -4.44. The van der Waals surface area contributed by atoms with Crippen molar-refractivity contribution in [2.45, 2.75) is 95.3 Å². The maximum Gasteiger partial charge on any atom is 0.416 e. The van der Waals surface area contributed by atoms with Crippen molar-refractivity contribution in [1.29, 1.82) is 0 Å². The summed E-state index contributed by atoms with van der Waals surface area (Å²) in [7, 11) is 0. The lowest BCUT2D eigenvalue weighted by Crippen LogP contribution is -2.24. The monoisotopic (exact) mass is 2060 g/mol. The molecule has 15 nitrogen and oxygen atoms in total. The Morgan fingerprint density at radius 2 is 0.559 bits per heavy atom. The van der Waals surface area contributed by atoms with E-state index in [1.165, 1.54) is 64.5 Å². The van der Waals surface area contributed by atoms with Crippen molar-refractivity contribution in [2.24, 2.45) is 29.6 Å². The van der Waals surface area contributed by atoms with E-state index in [1.54, 1.807) is 133 Å². The Morgan fingerprint density at radius 3 is 0.860 bits per heavy atom. The van der Waals surface area contributed by atoms with Crippen LogP contribution < -0.4 is 0 Å². The third-order valence-corrected chi connectivity index (χ3v) is 30.8. The highest BCUT2D eigenvalue weighted by atomic mass is 35.5. The van der Waals surface area contributed by atoms with E-state index < -0.39 is 76.8 Å². The molecule has 0 radical (unpaired) electrons. The summed E-state index contributed by atoms with van der Waals surface area (Å²) >= 11 is 12.1. The van der Waals surface area contributed by atoms with Gasteiger partial charge in [0.1, 0.15) is 19.5 Å². The Bertz CT molecular complexity index is 7110. The maximum atomic E-state index is 13.1. The number of Topliss-reactive ketones (excluding diaryl/α,β-unsaturated/α-hetero) is 5. The van der Waals surface area contributed by atoms with Gasteiger partial charge in [0.2, 0.25) is 0 Å². The fourth-order valence-electron chi connectivity index (χ4n) is 18.7. The van der Waals surface area contributed by atoms with Crippen LogP contribution in [0.1, 0.15) is 182 Å². The number of carboxylic acids is 5. The van der Waals surface area contributed by atoms with Gasteiger partial charge in [-0.15, -0.1) is 56.7 Å². The van der Waals surface area contributed by atoms with Crippen LogP contribution in [0.15, 0.2) is 272 Å². The molecule has 0 spiro atoms. The highest BCUT2D eigenvalue weighted by Gasteiger charge is 2.41. The molecule has 33 heteroatoms. The predicted octanol–water partition coefficient (Wildman–Crippen LogP) is 28.7. The molecular formula is C110H77ClF12O15S5. The standard InChI is InChI=1S/C23H17F3O3S.3C22H15F3O3S.C21H15ClO3S/c24-23(25,26)15-4-1-3-13(11-15)17-5-2-6-19-18(17)9-7-14(21(19)27)12-16-8-10-20(30-16)22(28)29;23-22(24,25)15-4-1-3-13(9-15)16-5-2-6-17-18(16)10-14(20(17)26)7-12-8-19(21(27)28)29-11-12;23-22(24,25)15-4-1-3-12(7-15)17-5-2-6-18-19(17)10-13(20(18)26)8-16-9-14(11-29-16)21(27)28;23-22(24,25)14-4-1-3-12(9-14)16-5-2-6-17-18(16)11-13(20(17)26)10-15-7-8-19(29-15)21(27)28;22-14-4-1-3-12(9-14)16-5-2-6-17-18(16)11-13(20(17)23)10-15-7-8-19(26-15)21(24)25/h1-6,8,10-11,14H,7,9,12H2,(H,28,29);1-6,8-9,11,14H,7,10H2,(H,27,28);1-7,9,11,13H,8,10H2,(H,27,28);1-9,13H,10-11H2,(H,27,28);1-9,13H,10-11H2,(H,24,25). The number of alkyl halides is 12. The molecule has 5 aromatic heterocycles. The number of fused-ring (bicyclic) bond motifs is 5. The average Bonchev–Trinajstić information content (AvgIpc) is 1.48. The third kappa shape index (κ3) is 23.1. The molecular weight excluding hydrogens is 1980 g/mol. The normalized spacial score (nSPS) is 16.1. The Morgan fingerprint density at radius 1 is 0.280 bits per heavy atom. The summed E-state index contributed by atoms with van der Waals surface area (Å²) in [4.78, 5) is 124. The van der Waals surface area contributed by atoms with E-state index in [0.717, 1.165) is 152 Å². The van der Waals surface area contributed by atoms with Gasteiger partial charge in [-0.05, 0) is 274 Å². The minimum absolute atomic E-state index is 0.0460. The van der Waals surface area contributed by atoms with E-state index in [-0.39, 0.29) is 78.7 Å². The Kier molecular flexibility index (Phi) is 30.0. The van der Waals surface area contributed by atoms with Crippen molar-refractivity contribution in [3.8, 4) is 55.6 Å². The number of hydrogen-bond acceptors (Lipinski definition) is 15. The van der Waals surface area contributed by atoms with E-state index in [0.29, 0.717) is 147 Å². The first-order valence-corrected chi connectivity index (χ1v) is 48.9. The summed E-state index contributed by atoms with van der Waals surface area (Å²) in [6, 6.07) is 67.5. The third-order valence-electron chi connectivity index (χ3n) is 25.4. The van der Waals surface area contributed by atoms with Crippen LogP contribution in [0.5, 0.6) is 0 Å². The fourth-order valence-corrected chi connectivity index (χ4v) is 23.4. The van der Waals surface area contributed by atoms with Crippen molar-refractivity contribution in [3.05, 3.63) is 405 Å². The molecule has 0 bridgehead atoms. The second-order valence-corrected chi connectivity index (χ2v) is 40.5. The molecule has 5 aliphatic rings. The van der Waals surface area contributed by atoms with Gasteiger partial charge in [-0.25, -0.2) is 24.0 Å². The molecule has 0 amide bonds. The molecule has 0 aliphatic heterocycles. The van der Waals surface area contributed by atoms with E-state index in [2.05, 4.69) is 0 Å². The largest absolute Gasteiger partial charge is 0.478 e. The number of thiophene rings is 5. The molecule has 5 heterocycles. The summed E-state index contributed by atoms with van der Waals surface area (Å²) in [5, 5.41) is 49.2. The summed E-state index contributed by atoms with van der Waals surface area (Å²) in [6.07, 6.45) is -12.4. The van der Waals surface area contributed by atoms with Crippen molar-refractivity contribution in [1.82, 2.24) is 0 Å². The second kappa shape index (κ2) is 42.2. The van der Waals surface area contributed by atoms with E-state index in [4.69, 9.17) is 37.1 Å². The van der Waals surface area contributed by atoms with Crippen molar-refractivity contribution >= 4 is 127 Å². The number of benzene rings is 10. The predicted molar refractivity (Wildman–Crippen MR) is 522 cm³/mol. The fraction of sp³-hybridized carbons (Fsp3) is 0.182. The molecule has 0 saturated carbocycles. The van der Waals surface area contributed by atoms with Crippen molar-refractivity contribution < 1.29 is 126 Å². The summed E-state index contributed by atoms with van der Waals surface area (Å²) < 4.78 is 157. The van der Waals surface area contributed by atoms with E-state index in [9.17, 15) is 101 Å². The number of hydrogen-bond donors (Lipinski definition) is 5. The highest BCUT2D eigenvalue weighted by molar-refractivity contribution is 7.14. The van der Waals surface area contributed by atoms with Crippen LogP contribution in [0.4, 0.5) is 52.7 Å². The zero-order chi connectivity index (χ0) is 102. The van der Waals surface area contributed by atoms with Gasteiger partial charge >= 0.3 is 54.6 Å². The number of rotatable bonds is 20. The SMILES string of the molecule is O=C(O)c1cc(CC2Cc3c(cccc3-c3cccc(C(F)(F)F)c3)C2=O)cs1.O=C(O)c1ccc(CC2CCc3c(cccc3-c3cccc(C(F)(F)F)c3)C2=O)s1.O=C(O)c1ccc(CC2Cc3c(cccc3-c3cccc(C(F)(F)F)c3)C2=O)s1.O=C(O)c1ccc(CC2Cc3c(cccc3-c3cccc(Cl)c3)C2=O)s1.O=C(O)c1csc(CC2Cc3c(cccc3-c3cccc(C(F)(F)F)c3)C2=O)c1. The van der Waals surface area contributed by atoms with Gasteiger partial charge in [-0.2, -0.15) is 52.7 Å². The zero-order valence-electron chi connectivity index (χ0n) is 74.4. The Hall–Kier alpha value is -14.2. The van der Waals surface area contributed by atoms with Crippen LogP contribution in [0.2, 0.25) is 5.02 Å². The number of carbonyl (C=O) groups is 10. The molecule has 5 N–H and O–H groups in total. The highest BCUT2D eigenvalue weighted by Crippen LogP contribution is 2.47. The minimum Gasteiger partial charge on any atom is -0.478 e. The number of ketones is 5. The molecule has 728 valence electrons. The molecule has 15 aromatic rings. The lowest BCUT2D eigenvalue weighted by molar-refractivity contribution is -0.138. The lowest BCUT2D eigenvalue weighted by atomic mass is 9.78. The average molecular weight is 2060 g/mol. The van der Waals surface area contributed by atoms with Crippen LogP contribution in [-0.4, -0.2) is 84.3 Å². The van der Waals surface area contributed by atoms with Gasteiger partial charge < -0.3 is 25.5 Å². The van der Waals surface area contributed by atoms with Crippen LogP contribution in [0, 0.1) is 29.6 Å². The molecule has 143 heavy (non-hydrogen) atoms. The van der Waals surface area contributed by atoms with Gasteiger partial charge in [0, 0.05) is 87.3 Å². The maximum absolute atomic E-state index is 13.1. The smallest absolute Gasteiger partial charge is 0.416 e. The van der Waals surface area contributed by atoms with Gasteiger partial charge in [-0.3, -0.25) is 24.0 Å². The number of aromatic carboxylic acids is 5. The Balaban J connectivity index is 0.000000128. The van der Waals surface area contributed by atoms with Gasteiger partial charge in [-0.1, -0.05) is 163 Å². The summed E-state index contributed by atoms with van der Waals surface area (Å²) in [6.45, 7) is 0. The number of carbonyl (C=O) groups excluding carboxylic acids is 5. The molecule has 0 fully saturated rings. The topological polar surface area (TPSA) is 272 Å². The lowest BCUT2D eigenvalue weighted by Gasteiger charge is -2.25. The number of halogens is 13. The van der Waals surface area contributed by atoms with Gasteiger partial charge in [0.05, 0.1) is 27.8 Å². The first kappa shape index (κ1) is 102. The van der Waals surface area contributed by atoms with E-state index in [1.807, 2.05) is 48.5 Å². The molecule has 5 aliphatic carbocycles. The van der Waals surface area contributed by atoms with Crippen molar-refractivity contribution in [2.75, 3.05) is 0 Å². The molecule has 20 rings (SSSR count). The summed E-state index contributed by atoms with van der Waals surface area (Å²) in [5.74, 6) is -6.49. The quantitative estimate of drug-likeness (QED) is 0.0444. The molecule has 5 atom stereocenters. The van der Waals surface area contributed by atoms with Crippen LogP contribution in [-0.2, 0) is 88.9 Å². The molecule has 10 aromatic carbocycles. The number of carboxylic acid groups (broad SMARTS) is 5. The van der Waals surface area contributed by atoms with Crippen LogP contribution in [0.3, 0.4) is 0 Å². The van der Waals surface area contributed by atoms with Crippen LogP contribution in [0.25, 0.3) is 55.6 Å². The second-order valence-electron chi connectivity index (χ2n) is 34.6. The van der Waals surface area contributed by atoms with Crippen LogP contribution >= 0.6 is 68.3 Å².